The summed E-state index contributed by atoms with van der Waals surface area (Å²) in [7, 11) is 0. The van der Waals surface area contributed by atoms with E-state index in [1.807, 2.05) is 0 Å². The summed E-state index contributed by atoms with van der Waals surface area (Å²) in [4.78, 5) is 24.7. The maximum Gasteiger partial charge on any atom is 0.273 e. The highest BCUT2D eigenvalue weighted by Gasteiger charge is 2.19. The fourth-order valence-electron chi connectivity index (χ4n) is 2.76. The van der Waals surface area contributed by atoms with Gasteiger partial charge in [-0.2, -0.15) is 5.10 Å². The van der Waals surface area contributed by atoms with E-state index in [9.17, 15) is 9.59 Å². The molecule has 0 aliphatic carbocycles. The largest absolute Gasteiger partial charge is 0.486 e. The lowest BCUT2D eigenvalue weighted by atomic mass is 10.1. The van der Waals surface area contributed by atoms with Crippen molar-refractivity contribution in [2.75, 3.05) is 13.2 Å². The molecule has 28 heavy (non-hydrogen) atoms. The van der Waals surface area contributed by atoms with Crippen LogP contribution in [0.15, 0.2) is 48.7 Å². The maximum absolute atomic E-state index is 12.5. The molecule has 0 fully saturated rings. The summed E-state index contributed by atoms with van der Waals surface area (Å²) in [6.07, 6.45) is 1.38. The second kappa shape index (κ2) is 7.61. The lowest BCUT2D eigenvalue weighted by Gasteiger charge is -2.18. The molecule has 3 N–H and O–H groups in total. The van der Waals surface area contributed by atoms with Gasteiger partial charge in [-0.25, -0.2) is 0 Å². The zero-order valence-corrected chi connectivity index (χ0v) is 15.2. The fraction of sp³-hybridized carbons (Fsp3) is 0.105. The van der Waals surface area contributed by atoms with E-state index in [4.69, 9.17) is 21.1 Å². The summed E-state index contributed by atoms with van der Waals surface area (Å²) < 4.78 is 11.1. The molecular weight excluding hydrogens is 384 g/mol. The molecule has 2 aromatic carbocycles. The predicted molar refractivity (Wildman–Crippen MR) is 101 cm³/mol. The Labute approximate surface area is 164 Å². The van der Waals surface area contributed by atoms with Gasteiger partial charge in [0, 0.05) is 16.1 Å². The lowest BCUT2D eigenvalue weighted by Crippen LogP contribution is -2.41. The molecule has 2 amide bonds. The van der Waals surface area contributed by atoms with E-state index in [0.29, 0.717) is 46.6 Å². The van der Waals surface area contributed by atoms with Gasteiger partial charge in [-0.15, -0.1) is 0 Å². The number of nitrogens with zero attached hydrogens (tertiary/aromatic N) is 1. The van der Waals surface area contributed by atoms with Crippen LogP contribution >= 0.6 is 11.6 Å². The number of hydrogen-bond donors (Lipinski definition) is 3. The molecule has 1 aromatic heterocycles. The van der Waals surface area contributed by atoms with E-state index < -0.39 is 11.8 Å². The number of ether oxygens (including phenoxy) is 2. The van der Waals surface area contributed by atoms with Crippen LogP contribution in [-0.2, 0) is 0 Å². The number of aromatic amines is 1. The predicted octanol–water partition coefficient (Wildman–Crippen LogP) is 2.58. The fourth-order valence-corrected chi connectivity index (χ4v) is 2.95. The number of fused-ring (bicyclic) bond motifs is 1. The third-order valence-electron chi connectivity index (χ3n) is 4.09. The van der Waals surface area contributed by atoms with Crippen molar-refractivity contribution >= 4 is 23.4 Å². The highest BCUT2D eigenvalue weighted by Crippen LogP contribution is 2.34. The van der Waals surface area contributed by atoms with E-state index >= 15 is 0 Å². The van der Waals surface area contributed by atoms with Crippen LogP contribution in [0.1, 0.15) is 20.7 Å². The average Bonchev–Trinajstić information content (AvgIpc) is 3.21. The molecule has 0 unspecified atom stereocenters. The van der Waals surface area contributed by atoms with Crippen molar-refractivity contribution in [1.29, 1.82) is 0 Å². The molecule has 0 saturated carbocycles. The summed E-state index contributed by atoms with van der Waals surface area (Å²) in [6.45, 7) is 0.957. The SMILES string of the molecule is O=C(NNC(=O)c1cn[nH]c1-c1ccc2c(c1)OCCO2)c1cccc(Cl)c1. The van der Waals surface area contributed by atoms with Gasteiger partial charge < -0.3 is 9.47 Å². The molecule has 0 radical (unpaired) electrons. The van der Waals surface area contributed by atoms with Gasteiger partial charge in [0.15, 0.2) is 11.5 Å². The van der Waals surface area contributed by atoms with Crippen LogP contribution in [0.3, 0.4) is 0 Å². The number of hydrogen-bond acceptors (Lipinski definition) is 5. The third kappa shape index (κ3) is 3.63. The van der Waals surface area contributed by atoms with Crippen molar-refractivity contribution in [2.24, 2.45) is 0 Å². The van der Waals surface area contributed by atoms with Gasteiger partial charge in [0.05, 0.1) is 17.5 Å². The molecule has 0 bridgehead atoms. The standard InChI is InChI=1S/C19H15ClN4O4/c20-13-3-1-2-12(8-13)18(25)23-24-19(26)14-10-21-22-17(14)11-4-5-15-16(9-11)28-7-6-27-15/h1-5,8-10H,6-7H2,(H,21,22)(H,23,25)(H,24,26). The molecule has 2 heterocycles. The molecule has 0 atom stereocenters. The summed E-state index contributed by atoms with van der Waals surface area (Å²) >= 11 is 5.87. The van der Waals surface area contributed by atoms with Gasteiger partial charge in [-0.1, -0.05) is 17.7 Å². The number of amides is 2. The van der Waals surface area contributed by atoms with Crippen molar-refractivity contribution in [1.82, 2.24) is 21.0 Å². The highest BCUT2D eigenvalue weighted by atomic mass is 35.5. The Hall–Kier alpha value is -3.52. The number of halogens is 1. The first-order valence-electron chi connectivity index (χ1n) is 8.41. The second-order valence-corrected chi connectivity index (χ2v) is 6.37. The smallest absolute Gasteiger partial charge is 0.273 e. The van der Waals surface area contributed by atoms with Crippen molar-refractivity contribution in [3.63, 3.8) is 0 Å². The van der Waals surface area contributed by atoms with Crippen LogP contribution in [0.25, 0.3) is 11.3 Å². The lowest BCUT2D eigenvalue weighted by molar-refractivity contribution is 0.0847. The van der Waals surface area contributed by atoms with Crippen LogP contribution < -0.4 is 20.3 Å². The number of carbonyl (C=O) groups excluding carboxylic acids is 2. The first-order chi connectivity index (χ1) is 13.6. The van der Waals surface area contributed by atoms with Crippen LogP contribution in [0.4, 0.5) is 0 Å². The Kier molecular flexibility index (Phi) is 4.86. The molecule has 4 rings (SSSR count). The van der Waals surface area contributed by atoms with Gasteiger partial charge >= 0.3 is 0 Å². The average molecular weight is 399 g/mol. The van der Waals surface area contributed by atoms with E-state index in [1.165, 1.54) is 12.3 Å². The monoisotopic (exact) mass is 398 g/mol. The number of nitrogens with one attached hydrogen (secondary N) is 3. The molecule has 1 aliphatic rings. The topological polar surface area (TPSA) is 105 Å². The highest BCUT2D eigenvalue weighted by molar-refractivity contribution is 6.31. The molecule has 8 nitrogen and oxygen atoms in total. The van der Waals surface area contributed by atoms with Gasteiger partial charge in [0.1, 0.15) is 13.2 Å². The Morgan fingerprint density at radius 3 is 2.61 bits per heavy atom. The zero-order valence-electron chi connectivity index (χ0n) is 14.5. The van der Waals surface area contributed by atoms with E-state index in [2.05, 4.69) is 21.0 Å². The number of carbonyl (C=O) groups is 2. The zero-order chi connectivity index (χ0) is 19.5. The molecule has 1 aliphatic heterocycles. The van der Waals surface area contributed by atoms with Crippen LogP contribution in [-0.4, -0.2) is 35.2 Å². The molecule has 0 saturated heterocycles. The minimum atomic E-state index is -0.519. The number of hydrazine groups is 1. The minimum absolute atomic E-state index is 0.267. The van der Waals surface area contributed by atoms with Gasteiger partial charge in [-0.3, -0.25) is 25.5 Å². The van der Waals surface area contributed by atoms with Crippen LogP contribution in [0.5, 0.6) is 11.5 Å². The number of aromatic nitrogens is 2. The van der Waals surface area contributed by atoms with Crippen LogP contribution in [0.2, 0.25) is 5.02 Å². The van der Waals surface area contributed by atoms with Gasteiger partial charge in [0.25, 0.3) is 11.8 Å². The summed E-state index contributed by atoms with van der Waals surface area (Å²) in [5.74, 6) is 0.238. The molecule has 9 heteroatoms. The summed E-state index contributed by atoms with van der Waals surface area (Å²) in [5.41, 5.74) is 6.52. The minimum Gasteiger partial charge on any atom is -0.486 e. The van der Waals surface area contributed by atoms with Crippen molar-refractivity contribution in [2.45, 2.75) is 0 Å². The number of H-pyrrole nitrogens is 1. The number of rotatable bonds is 3. The Morgan fingerprint density at radius 1 is 1.00 bits per heavy atom. The first-order valence-corrected chi connectivity index (χ1v) is 8.79. The quantitative estimate of drug-likeness (QED) is 0.588. The molecule has 3 aromatic rings. The van der Waals surface area contributed by atoms with Gasteiger partial charge in [0.2, 0.25) is 0 Å². The van der Waals surface area contributed by atoms with Crippen molar-refractivity contribution < 1.29 is 19.1 Å². The van der Waals surface area contributed by atoms with Crippen molar-refractivity contribution in [3.8, 4) is 22.8 Å². The summed E-state index contributed by atoms with van der Waals surface area (Å²) in [6, 6.07) is 11.7. The van der Waals surface area contributed by atoms with Crippen LogP contribution in [0, 0.1) is 0 Å². The second-order valence-electron chi connectivity index (χ2n) is 5.94. The third-order valence-corrected chi connectivity index (χ3v) is 4.33. The molecular formula is C19H15ClN4O4. The van der Waals surface area contributed by atoms with E-state index in [-0.39, 0.29) is 5.56 Å². The van der Waals surface area contributed by atoms with E-state index in [1.54, 1.807) is 36.4 Å². The number of benzene rings is 2. The Morgan fingerprint density at radius 2 is 1.79 bits per heavy atom. The van der Waals surface area contributed by atoms with Gasteiger partial charge in [-0.05, 0) is 36.4 Å². The Balaban J connectivity index is 1.49. The maximum atomic E-state index is 12.5. The van der Waals surface area contributed by atoms with E-state index in [0.717, 1.165) is 0 Å². The van der Waals surface area contributed by atoms with Crippen molar-refractivity contribution in [3.05, 3.63) is 64.8 Å². The Bertz CT molecular complexity index is 1050. The normalized spacial score (nSPS) is 12.3. The molecule has 142 valence electrons. The molecule has 0 spiro atoms. The summed E-state index contributed by atoms with van der Waals surface area (Å²) in [5, 5.41) is 7.17. The first kappa shape index (κ1) is 17.9.